The third kappa shape index (κ3) is 2.82. The van der Waals surface area contributed by atoms with Crippen molar-refractivity contribution in [3.8, 4) is 0 Å². The lowest BCUT2D eigenvalue weighted by atomic mass is 10.1. The van der Waals surface area contributed by atoms with Crippen molar-refractivity contribution in [2.75, 3.05) is 0 Å². The third-order valence-electron chi connectivity index (χ3n) is 2.50. The summed E-state index contributed by atoms with van der Waals surface area (Å²) < 4.78 is 0. The smallest absolute Gasteiger partial charge is 0.288 e. The lowest BCUT2D eigenvalue weighted by Crippen LogP contribution is -2.12. The van der Waals surface area contributed by atoms with Gasteiger partial charge >= 0.3 is 0 Å². The number of nitrogens with one attached hydrogen (secondary N) is 1. The average molecular weight is 242 g/mol. The topological polar surface area (TPSA) is 84.7 Å². The molecule has 0 fully saturated rings. The molecule has 0 spiro atoms. The number of amides is 1. The molecule has 1 aromatic carbocycles. The molecule has 0 saturated carbocycles. The molecule has 3 N–H and O–H groups in total. The van der Waals surface area contributed by atoms with E-state index in [1.807, 2.05) is 24.3 Å². The number of aromatic nitrogens is 3. The highest BCUT2D eigenvalue weighted by Crippen LogP contribution is 2.10. The van der Waals surface area contributed by atoms with Crippen LogP contribution in [0.15, 0.2) is 36.9 Å². The number of nitrogens with two attached hydrogens (primary N) is 1. The van der Waals surface area contributed by atoms with E-state index in [1.54, 1.807) is 0 Å². The van der Waals surface area contributed by atoms with Gasteiger partial charge < -0.3 is 5.73 Å². The monoisotopic (exact) mass is 242 g/mol. The summed E-state index contributed by atoms with van der Waals surface area (Å²) in [6.45, 7) is 3.71. The van der Waals surface area contributed by atoms with Crippen molar-refractivity contribution in [1.29, 1.82) is 0 Å². The van der Waals surface area contributed by atoms with Gasteiger partial charge in [-0.15, -0.1) is 11.7 Å². The van der Waals surface area contributed by atoms with E-state index in [9.17, 15) is 4.79 Å². The number of allylic oxidation sites excluding steroid dienone is 1. The van der Waals surface area contributed by atoms with Gasteiger partial charge in [-0.2, -0.15) is 0 Å². The highest BCUT2D eigenvalue weighted by molar-refractivity contribution is 5.88. The molecule has 0 aliphatic rings. The maximum absolute atomic E-state index is 10.9. The summed E-state index contributed by atoms with van der Waals surface area (Å²) in [5.74, 6) is 0.0182. The minimum Gasteiger partial charge on any atom is -0.363 e. The second-order valence-corrected chi connectivity index (χ2v) is 3.96. The summed E-state index contributed by atoms with van der Waals surface area (Å²) >= 11 is 0. The number of hydrogen-bond acceptors (Lipinski definition) is 3. The molecular formula is C13H14N4O. The minimum atomic E-state index is -0.627. The first-order valence-corrected chi connectivity index (χ1v) is 5.59. The fourth-order valence-corrected chi connectivity index (χ4v) is 1.71. The molecule has 5 heteroatoms. The van der Waals surface area contributed by atoms with Gasteiger partial charge in [0, 0.05) is 6.42 Å². The van der Waals surface area contributed by atoms with Crippen molar-refractivity contribution < 1.29 is 4.79 Å². The van der Waals surface area contributed by atoms with Gasteiger partial charge in [-0.25, -0.2) is 4.98 Å². The van der Waals surface area contributed by atoms with Gasteiger partial charge in [0.15, 0.2) is 0 Å². The number of benzene rings is 1. The van der Waals surface area contributed by atoms with Crippen molar-refractivity contribution in [2.45, 2.75) is 12.8 Å². The Labute approximate surface area is 105 Å². The minimum absolute atomic E-state index is 0.0206. The maximum atomic E-state index is 10.9. The Morgan fingerprint density at radius 2 is 2.22 bits per heavy atom. The molecule has 0 bridgehead atoms. The molecular weight excluding hydrogens is 228 g/mol. The first kappa shape index (κ1) is 12.0. The van der Waals surface area contributed by atoms with Crippen LogP contribution in [-0.4, -0.2) is 21.1 Å². The van der Waals surface area contributed by atoms with E-state index < -0.39 is 5.91 Å². The predicted molar refractivity (Wildman–Crippen MR) is 68.0 cm³/mol. The molecule has 0 unspecified atom stereocenters. The van der Waals surface area contributed by atoms with E-state index in [-0.39, 0.29) is 5.82 Å². The zero-order valence-electron chi connectivity index (χ0n) is 9.89. The summed E-state index contributed by atoms with van der Waals surface area (Å²) in [7, 11) is 0. The SMILES string of the molecule is C=CCc1cccc(Cc2nc(C(N)=O)n[nH]2)c1. The van der Waals surface area contributed by atoms with Crippen LogP contribution in [0.1, 0.15) is 27.6 Å². The molecule has 1 aromatic heterocycles. The second-order valence-electron chi connectivity index (χ2n) is 3.96. The Hall–Kier alpha value is -2.43. The fraction of sp³-hybridized carbons (Fsp3) is 0.154. The quantitative estimate of drug-likeness (QED) is 0.773. The van der Waals surface area contributed by atoms with Crippen molar-refractivity contribution >= 4 is 5.91 Å². The molecule has 5 nitrogen and oxygen atoms in total. The van der Waals surface area contributed by atoms with Crippen LogP contribution >= 0.6 is 0 Å². The highest BCUT2D eigenvalue weighted by Gasteiger charge is 2.08. The molecule has 0 atom stereocenters. The maximum Gasteiger partial charge on any atom is 0.288 e. The van der Waals surface area contributed by atoms with E-state index in [0.717, 1.165) is 12.0 Å². The van der Waals surface area contributed by atoms with Gasteiger partial charge in [0.2, 0.25) is 5.82 Å². The summed E-state index contributed by atoms with van der Waals surface area (Å²) in [5, 5.41) is 6.45. The van der Waals surface area contributed by atoms with Gasteiger partial charge in [-0.3, -0.25) is 9.89 Å². The summed E-state index contributed by atoms with van der Waals surface area (Å²) in [4.78, 5) is 14.9. The van der Waals surface area contributed by atoms with Gasteiger partial charge in [-0.05, 0) is 17.5 Å². The Morgan fingerprint density at radius 1 is 1.44 bits per heavy atom. The second kappa shape index (κ2) is 5.27. The number of carbonyl (C=O) groups excluding carboxylic acids is 1. The van der Waals surface area contributed by atoms with E-state index >= 15 is 0 Å². The Bertz CT molecular complexity index is 574. The van der Waals surface area contributed by atoms with Crippen LogP contribution < -0.4 is 5.73 Å². The molecule has 18 heavy (non-hydrogen) atoms. The largest absolute Gasteiger partial charge is 0.363 e. The van der Waals surface area contributed by atoms with Crippen LogP contribution in [0.2, 0.25) is 0 Å². The Morgan fingerprint density at radius 3 is 2.89 bits per heavy atom. The zero-order valence-corrected chi connectivity index (χ0v) is 9.89. The number of rotatable bonds is 5. The molecule has 0 aliphatic heterocycles. The number of primary amides is 1. The molecule has 1 amide bonds. The Balaban J connectivity index is 2.14. The van der Waals surface area contributed by atoms with Gasteiger partial charge in [0.25, 0.3) is 5.91 Å². The van der Waals surface area contributed by atoms with Crippen LogP contribution in [-0.2, 0) is 12.8 Å². The molecule has 0 radical (unpaired) electrons. The third-order valence-corrected chi connectivity index (χ3v) is 2.50. The van der Waals surface area contributed by atoms with Crippen LogP contribution in [0.4, 0.5) is 0 Å². The summed E-state index contributed by atoms with van der Waals surface area (Å²) in [6.07, 6.45) is 3.28. The molecule has 2 aromatic rings. The van der Waals surface area contributed by atoms with Crippen molar-refractivity contribution in [3.05, 3.63) is 59.7 Å². The standard InChI is InChI=1S/C13H14N4O/c1-2-4-9-5-3-6-10(7-9)8-11-15-13(12(14)18)17-16-11/h2-3,5-7H,1,4,8H2,(H2,14,18)(H,15,16,17). The van der Waals surface area contributed by atoms with Crippen molar-refractivity contribution in [3.63, 3.8) is 0 Å². The van der Waals surface area contributed by atoms with Crippen molar-refractivity contribution in [2.24, 2.45) is 5.73 Å². The van der Waals surface area contributed by atoms with Crippen molar-refractivity contribution in [1.82, 2.24) is 15.2 Å². The summed E-state index contributed by atoms with van der Waals surface area (Å²) in [6, 6.07) is 8.10. The average Bonchev–Trinajstić information content (AvgIpc) is 2.78. The zero-order chi connectivity index (χ0) is 13.0. The molecule has 92 valence electrons. The van der Waals surface area contributed by atoms with E-state index in [0.29, 0.717) is 12.2 Å². The number of hydrogen-bond donors (Lipinski definition) is 2. The summed E-state index contributed by atoms with van der Waals surface area (Å²) in [5.41, 5.74) is 7.38. The molecule has 2 rings (SSSR count). The van der Waals surface area contributed by atoms with Crippen LogP contribution in [0.3, 0.4) is 0 Å². The number of aromatic amines is 1. The van der Waals surface area contributed by atoms with Gasteiger partial charge in [-0.1, -0.05) is 30.3 Å². The predicted octanol–water partition coefficient (Wildman–Crippen LogP) is 1.22. The van der Waals surface area contributed by atoms with Crippen LogP contribution in [0.5, 0.6) is 0 Å². The van der Waals surface area contributed by atoms with Gasteiger partial charge in [0.05, 0.1) is 0 Å². The van der Waals surface area contributed by atoms with Crippen LogP contribution in [0.25, 0.3) is 0 Å². The molecule has 0 aliphatic carbocycles. The number of H-pyrrole nitrogens is 1. The lowest BCUT2D eigenvalue weighted by Gasteiger charge is -2.01. The molecule has 0 saturated heterocycles. The lowest BCUT2D eigenvalue weighted by molar-refractivity contribution is 0.0991. The Kier molecular flexibility index (Phi) is 3.52. The van der Waals surface area contributed by atoms with E-state index in [2.05, 4.69) is 27.8 Å². The van der Waals surface area contributed by atoms with E-state index in [1.165, 1.54) is 5.56 Å². The fourth-order valence-electron chi connectivity index (χ4n) is 1.71. The first-order chi connectivity index (χ1) is 8.69. The normalized spacial score (nSPS) is 10.2. The first-order valence-electron chi connectivity index (χ1n) is 5.59. The highest BCUT2D eigenvalue weighted by atomic mass is 16.1. The van der Waals surface area contributed by atoms with Crippen LogP contribution in [0, 0.1) is 0 Å². The number of carbonyl (C=O) groups is 1. The number of nitrogens with zero attached hydrogens (tertiary/aromatic N) is 2. The van der Waals surface area contributed by atoms with E-state index in [4.69, 9.17) is 5.73 Å². The molecule has 1 heterocycles. The van der Waals surface area contributed by atoms with Gasteiger partial charge in [0.1, 0.15) is 5.82 Å².